The summed E-state index contributed by atoms with van der Waals surface area (Å²) in [7, 11) is 0. The van der Waals surface area contributed by atoms with Crippen LogP contribution in [0.3, 0.4) is 0 Å². The first-order valence-electron chi connectivity index (χ1n) is 11.6. The fourth-order valence-electron chi connectivity index (χ4n) is 4.64. The van der Waals surface area contributed by atoms with Crippen LogP contribution in [0.5, 0.6) is 5.75 Å². The maximum Gasteiger partial charge on any atom is 0.265 e. The number of carbonyl (C=O) groups excluding carboxylic acids is 2. The quantitative estimate of drug-likeness (QED) is 0.688. The molecule has 2 aromatic carbocycles. The van der Waals surface area contributed by atoms with Gasteiger partial charge in [-0.2, -0.15) is 0 Å². The molecule has 164 valence electrons. The van der Waals surface area contributed by atoms with Crippen LogP contribution >= 0.6 is 0 Å². The molecule has 0 heterocycles. The first-order valence-corrected chi connectivity index (χ1v) is 11.6. The van der Waals surface area contributed by atoms with E-state index in [0.717, 1.165) is 50.7 Å². The summed E-state index contributed by atoms with van der Waals surface area (Å²) in [5, 5.41) is 6.03. The van der Waals surface area contributed by atoms with E-state index in [1.807, 2.05) is 24.3 Å². The lowest BCUT2D eigenvalue weighted by molar-refractivity contribution is -0.122. The van der Waals surface area contributed by atoms with Crippen molar-refractivity contribution in [2.24, 2.45) is 0 Å². The van der Waals surface area contributed by atoms with Crippen LogP contribution < -0.4 is 15.4 Å². The second-order valence-electron chi connectivity index (χ2n) is 8.70. The minimum absolute atomic E-state index is 0.131. The molecule has 1 unspecified atom stereocenters. The zero-order valence-corrected chi connectivity index (χ0v) is 18.3. The van der Waals surface area contributed by atoms with Crippen molar-refractivity contribution in [1.82, 2.24) is 5.32 Å². The molecule has 1 saturated carbocycles. The highest BCUT2D eigenvalue weighted by Crippen LogP contribution is 2.30. The Bertz CT molecular complexity index is 934. The van der Waals surface area contributed by atoms with Crippen molar-refractivity contribution in [2.75, 3.05) is 5.32 Å². The minimum atomic E-state index is -0.664. The van der Waals surface area contributed by atoms with Crippen LogP contribution in [0.2, 0.25) is 0 Å². The number of rotatable bonds is 6. The molecule has 0 saturated heterocycles. The summed E-state index contributed by atoms with van der Waals surface area (Å²) in [5.41, 5.74) is 3.55. The third kappa shape index (κ3) is 5.27. The molecule has 2 N–H and O–H groups in total. The Kier molecular flexibility index (Phi) is 6.90. The van der Waals surface area contributed by atoms with Crippen molar-refractivity contribution in [2.45, 2.75) is 76.9 Å². The molecule has 2 amide bonds. The van der Waals surface area contributed by atoms with Gasteiger partial charge >= 0.3 is 0 Å². The third-order valence-electron chi connectivity index (χ3n) is 6.40. The van der Waals surface area contributed by atoms with Crippen molar-refractivity contribution in [3.63, 3.8) is 0 Å². The lowest BCUT2D eigenvalue weighted by Gasteiger charge is -2.24. The monoisotopic (exact) mass is 420 g/mol. The number of anilines is 1. The van der Waals surface area contributed by atoms with Crippen LogP contribution in [-0.2, 0) is 17.6 Å². The molecule has 1 atom stereocenters. The van der Waals surface area contributed by atoms with Gasteiger partial charge in [0.25, 0.3) is 11.8 Å². The molecule has 0 radical (unpaired) electrons. The van der Waals surface area contributed by atoms with E-state index in [4.69, 9.17) is 4.74 Å². The molecule has 0 spiro atoms. The van der Waals surface area contributed by atoms with Gasteiger partial charge in [0, 0.05) is 6.04 Å². The average Bonchev–Trinajstić information content (AvgIpc) is 2.80. The Balaban J connectivity index is 1.42. The summed E-state index contributed by atoms with van der Waals surface area (Å²) < 4.78 is 6.06. The van der Waals surface area contributed by atoms with Crippen LogP contribution in [0.15, 0.2) is 42.5 Å². The van der Waals surface area contributed by atoms with Crippen LogP contribution in [0.25, 0.3) is 0 Å². The minimum Gasteiger partial charge on any atom is -0.481 e. The fourth-order valence-corrected chi connectivity index (χ4v) is 4.64. The number of hydrogen-bond donors (Lipinski definition) is 2. The summed E-state index contributed by atoms with van der Waals surface area (Å²) in [5.74, 6) is 0.406. The maximum atomic E-state index is 12.9. The summed E-state index contributed by atoms with van der Waals surface area (Å²) in [6.07, 6.45) is 9.33. The normalized spacial score (nSPS) is 17.3. The van der Waals surface area contributed by atoms with E-state index in [-0.39, 0.29) is 17.9 Å². The molecule has 31 heavy (non-hydrogen) atoms. The van der Waals surface area contributed by atoms with Gasteiger partial charge in [-0.05, 0) is 74.8 Å². The number of fused-ring (bicyclic) bond motifs is 1. The van der Waals surface area contributed by atoms with Crippen LogP contribution in [0.1, 0.15) is 73.4 Å². The number of hydrogen-bond acceptors (Lipinski definition) is 3. The van der Waals surface area contributed by atoms with E-state index in [2.05, 4.69) is 16.7 Å². The molecule has 0 aliphatic heterocycles. The van der Waals surface area contributed by atoms with Crippen LogP contribution in [-0.4, -0.2) is 24.0 Å². The highest BCUT2D eigenvalue weighted by atomic mass is 16.5. The summed E-state index contributed by atoms with van der Waals surface area (Å²) in [6, 6.07) is 13.5. The molecule has 5 heteroatoms. The van der Waals surface area contributed by atoms with E-state index < -0.39 is 6.10 Å². The lowest BCUT2D eigenvalue weighted by Crippen LogP contribution is -2.37. The van der Waals surface area contributed by atoms with E-state index in [0.29, 0.717) is 11.3 Å². The molecule has 2 aliphatic carbocycles. The Labute approximate surface area is 184 Å². The molecular formula is C26H32N2O3. The zero-order valence-electron chi connectivity index (χ0n) is 18.3. The fraction of sp³-hybridized carbons (Fsp3) is 0.462. The number of amides is 2. The van der Waals surface area contributed by atoms with Gasteiger partial charge < -0.3 is 15.4 Å². The number of para-hydroxylation sites is 1. The number of nitrogens with one attached hydrogen (secondary N) is 2. The second-order valence-corrected chi connectivity index (χ2v) is 8.70. The molecule has 0 aromatic heterocycles. The van der Waals surface area contributed by atoms with Gasteiger partial charge in [0.2, 0.25) is 0 Å². The number of aryl methyl sites for hydroxylation is 1. The van der Waals surface area contributed by atoms with E-state index in [1.165, 1.54) is 24.0 Å². The smallest absolute Gasteiger partial charge is 0.265 e. The predicted molar refractivity (Wildman–Crippen MR) is 123 cm³/mol. The van der Waals surface area contributed by atoms with Gasteiger partial charge in [0.1, 0.15) is 5.75 Å². The number of carbonyl (C=O) groups is 2. The first-order chi connectivity index (χ1) is 15.1. The molecule has 2 aromatic rings. The highest BCUT2D eigenvalue weighted by Gasteiger charge is 2.22. The molecule has 4 rings (SSSR count). The third-order valence-corrected chi connectivity index (χ3v) is 6.40. The zero-order chi connectivity index (χ0) is 21.6. The van der Waals surface area contributed by atoms with Gasteiger partial charge in [0.15, 0.2) is 6.10 Å². The molecular weight excluding hydrogens is 388 g/mol. The van der Waals surface area contributed by atoms with Gasteiger partial charge in [-0.3, -0.25) is 9.59 Å². The summed E-state index contributed by atoms with van der Waals surface area (Å²) in [6.45, 7) is 1.75. The summed E-state index contributed by atoms with van der Waals surface area (Å²) >= 11 is 0. The Morgan fingerprint density at radius 2 is 1.71 bits per heavy atom. The Morgan fingerprint density at radius 3 is 2.55 bits per heavy atom. The maximum absolute atomic E-state index is 12.9. The van der Waals surface area contributed by atoms with Gasteiger partial charge in [-0.15, -0.1) is 0 Å². The second kappa shape index (κ2) is 9.99. The van der Waals surface area contributed by atoms with E-state index in [9.17, 15) is 9.59 Å². The summed E-state index contributed by atoms with van der Waals surface area (Å²) in [4.78, 5) is 25.7. The topological polar surface area (TPSA) is 67.4 Å². The van der Waals surface area contributed by atoms with Crippen molar-refractivity contribution in [3.05, 3.63) is 59.2 Å². The SMILES string of the molecule is CC(Oc1cccc2c1CCCC2)C(=O)Nc1ccccc1C(=O)NC1CCCCC1. The molecule has 0 bridgehead atoms. The van der Waals surface area contributed by atoms with E-state index in [1.54, 1.807) is 19.1 Å². The van der Waals surface area contributed by atoms with E-state index >= 15 is 0 Å². The lowest BCUT2D eigenvalue weighted by atomic mass is 9.91. The predicted octanol–water partition coefficient (Wildman–Crippen LogP) is 5.03. The molecule has 2 aliphatic rings. The molecule has 1 fully saturated rings. The number of benzene rings is 2. The standard InChI is InChI=1S/C26H32N2O3/c1-18(31-24-17-9-11-19-10-5-6-14-21(19)24)25(29)28-23-16-8-7-15-22(23)26(30)27-20-12-3-2-4-13-20/h7-9,11,15-18,20H,2-6,10,12-14H2,1H3,(H,27,30)(H,28,29). The van der Waals surface area contributed by atoms with Gasteiger partial charge in [-0.1, -0.05) is 43.5 Å². The van der Waals surface area contributed by atoms with Crippen molar-refractivity contribution in [3.8, 4) is 5.75 Å². The van der Waals surface area contributed by atoms with Crippen molar-refractivity contribution >= 4 is 17.5 Å². The largest absolute Gasteiger partial charge is 0.481 e. The Morgan fingerprint density at radius 1 is 0.935 bits per heavy atom. The van der Waals surface area contributed by atoms with Crippen LogP contribution in [0.4, 0.5) is 5.69 Å². The van der Waals surface area contributed by atoms with Gasteiger partial charge in [0.05, 0.1) is 11.3 Å². The van der Waals surface area contributed by atoms with Crippen molar-refractivity contribution in [1.29, 1.82) is 0 Å². The Hall–Kier alpha value is -2.82. The highest BCUT2D eigenvalue weighted by molar-refractivity contribution is 6.04. The van der Waals surface area contributed by atoms with Gasteiger partial charge in [-0.25, -0.2) is 0 Å². The van der Waals surface area contributed by atoms with Crippen molar-refractivity contribution < 1.29 is 14.3 Å². The molecule has 5 nitrogen and oxygen atoms in total. The first kappa shape index (κ1) is 21.4. The van der Waals surface area contributed by atoms with Crippen LogP contribution in [0, 0.1) is 0 Å². The average molecular weight is 421 g/mol. The number of ether oxygens (including phenoxy) is 1.